The maximum atomic E-state index is 12.3. The zero-order valence-corrected chi connectivity index (χ0v) is 13.6. The van der Waals surface area contributed by atoms with Crippen LogP contribution in [0.4, 0.5) is 0 Å². The molecule has 1 N–H and O–H groups in total. The van der Waals surface area contributed by atoms with Gasteiger partial charge in [0.25, 0.3) is 5.91 Å². The Bertz CT molecular complexity index is 783. The lowest BCUT2D eigenvalue weighted by Gasteiger charge is -2.15. The number of nitrogens with zero attached hydrogens (tertiary/aromatic N) is 3. The maximum Gasteiger partial charge on any atom is 0.273 e. The van der Waals surface area contributed by atoms with E-state index >= 15 is 0 Å². The molecule has 5 nitrogen and oxygen atoms in total. The number of para-hydroxylation sites is 1. The third-order valence-electron chi connectivity index (χ3n) is 3.98. The highest BCUT2D eigenvalue weighted by atomic mass is 16.2. The summed E-state index contributed by atoms with van der Waals surface area (Å²) in [6, 6.07) is 19.7. The Labute approximate surface area is 141 Å². The van der Waals surface area contributed by atoms with Crippen LogP contribution < -0.4 is 5.32 Å². The highest BCUT2D eigenvalue weighted by molar-refractivity contribution is 5.91. The van der Waals surface area contributed by atoms with E-state index in [1.54, 1.807) is 0 Å². The minimum absolute atomic E-state index is 0.202. The van der Waals surface area contributed by atoms with E-state index in [9.17, 15) is 4.79 Å². The number of nitrogens with one attached hydrogen (secondary N) is 1. The number of hydrogen-bond donors (Lipinski definition) is 1. The molecule has 0 saturated heterocycles. The highest BCUT2D eigenvalue weighted by Gasteiger charge is 2.14. The molecule has 1 amide bonds. The first-order valence-corrected chi connectivity index (χ1v) is 8.09. The second kappa shape index (κ2) is 7.55. The largest absolute Gasteiger partial charge is 0.350 e. The van der Waals surface area contributed by atoms with E-state index < -0.39 is 0 Å². The van der Waals surface area contributed by atoms with Crippen LogP contribution in [0, 0.1) is 0 Å². The van der Waals surface area contributed by atoms with Gasteiger partial charge >= 0.3 is 0 Å². The van der Waals surface area contributed by atoms with Crippen molar-refractivity contribution in [2.75, 3.05) is 6.54 Å². The van der Waals surface area contributed by atoms with Crippen LogP contribution >= 0.6 is 0 Å². The van der Waals surface area contributed by atoms with Crippen LogP contribution in [-0.4, -0.2) is 27.4 Å². The van der Waals surface area contributed by atoms with Crippen LogP contribution in [-0.2, 0) is 0 Å². The van der Waals surface area contributed by atoms with Crippen molar-refractivity contribution in [3.8, 4) is 5.69 Å². The lowest BCUT2D eigenvalue weighted by Crippen LogP contribution is -2.28. The molecule has 0 spiro atoms. The number of carbonyl (C=O) groups is 1. The lowest BCUT2D eigenvalue weighted by molar-refractivity contribution is 0.0945. The molecule has 1 aromatic heterocycles. The average molecular weight is 320 g/mol. The van der Waals surface area contributed by atoms with Crippen molar-refractivity contribution < 1.29 is 4.79 Å². The van der Waals surface area contributed by atoms with Crippen molar-refractivity contribution in [1.82, 2.24) is 20.3 Å². The second-order valence-electron chi connectivity index (χ2n) is 5.58. The van der Waals surface area contributed by atoms with E-state index in [-0.39, 0.29) is 5.91 Å². The van der Waals surface area contributed by atoms with Crippen LogP contribution in [0.5, 0.6) is 0 Å². The van der Waals surface area contributed by atoms with Gasteiger partial charge in [-0.25, -0.2) is 0 Å². The number of amides is 1. The highest BCUT2D eigenvalue weighted by Crippen LogP contribution is 2.18. The normalized spacial score (nSPS) is 11.9. The Morgan fingerprint density at radius 3 is 2.42 bits per heavy atom. The summed E-state index contributed by atoms with van der Waals surface area (Å²) in [5.41, 5.74) is 2.38. The third-order valence-corrected chi connectivity index (χ3v) is 3.98. The smallest absolute Gasteiger partial charge is 0.273 e. The molecule has 2 aromatic carbocycles. The molecule has 0 saturated carbocycles. The fourth-order valence-corrected chi connectivity index (χ4v) is 2.58. The second-order valence-corrected chi connectivity index (χ2v) is 5.58. The Hall–Kier alpha value is -2.95. The first-order chi connectivity index (χ1) is 11.8. The number of carbonyl (C=O) groups excluding carboxylic acids is 1. The minimum atomic E-state index is -0.202. The fourth-order valence-electron chi connectivity index (χ4n) is 2.58. The van der Waals surface area contributed by atoms with Gasteiger partial charge in [0.05, 0.1) is 11.9 Å². The molecule has 0 bridgehead atoms. The Morgan fingerprint density at radius 1 is 1.08 bits per heavy atom. The first kappa shape index (κ1) is 15.9. The van der Waals surface area contributed by atoms with Gasteiger partial charge in [-0.05, 0) is 24.1 Å². The number of rotatable bonds is 6. The third kappa shape index (κ3) is 3.68. The van der Waals surface area contributed by atoms with Gasteiger partial charge in [-0.15, -0.1) is 5.10 Å². The number of hydrogen-bond acceptors (Lipinski definition) is 3. The summed E-state index contributed by atoms with van der Waals surface area (Å²) >= 11 is 0. The molecular formula is C19H20N4O. The zero-order valence-electron chi connectivity index (χ0n) is 13.6. The van der Waals surface area contributed by atoms with Gasteiger partial charge in [0.15, 0.2) is 5.69 Å². The van der Waals surface area contributed by atoms with E-state index in [2.05, 4.69) is 34.6 Å². The van der Waals surface area contributed by atoms with Crippen LogP contribution in [0.2, 0.25) is 0 Å². The van der Waals surface area contributed by atoms with Crippen LogP contribution in [0.1, 0.15) is 35.3 Å². The quantitative estimate of drug-likeness (QED) is 0.759. The standard InChI is InChI=1S/C19H20N4O/c1-2-15(16-9-5-3-6-10-16)13-20-19(24)18-14-21-23(22-18)17-11-7-4-8-12-17/h3-12,14-15H,2,13H2,1H3,(H,20,24)/t15-/m1/s1. The van der Waals surface area contributed by atoms with E-state index in [4.69, 9.17) is 0 Å². The molecule has 0 fully saturated rings. The molecule has 0 unspecified atom stereocenters. The summed E-state index contributed by atoms with van der Waals surface area (Å²) < 4.78 is 0. The van der Waals surface area contributed by atoms with Crippen molar-refractivity contribution >= 4 is 5.91 Å². The molecule has 0 aliphatic heterocycles. The molecule has 3 rings (SSSR count). The first-order valence-electron chi connectivity index (χ1n) is 8.09. The van der Waals surface area contributed by atoms with E-state index in [0.717, 1.165) is 12.1 Å². The predicted molar refractivity (Wildman–Crippen MR) is 93.2 cm³/mol. The molecule has 24 heavy (non-hydrogen) atoms. The Kier molecular flexibility index (Phi) is 5.01. The summed E-state index contributed by atoms with van der Waals surface area (Å²) in [5.74, 6) is 0.0888. The van der Waals surface area contributed by atoms with Crippen molar-refractivity contribution in [3.63, 3.8) is 0 Å². The molecule has 5 heteroatoms. The maximum absolute atomic E-state index is 12.3. The van der Waals surface area contributed by atoms with Crippen molar-refractivity contribution in [3.05, 3.63) is 78.1 Å². The van der Waals surface area contributed by atoms with Crippen molar-refractivity contribution in [2.24, 2.45) is 0 Å². The summed E-state index contributed by atoms with van der Waals surface area (Å²) in [4.78, 5) is 13.8. The van der Waals surface area contributed by atoms with Gasteiger partial charge < -0.3 is 5.32 Å². The van der Waals surface area contributed by atoms with E-state index in [1.807, 2.05) is 48.5 Å². The molecule has 1 atom stereocenters. The summed E-state index contributed by atoms with van der Waals surface area (Å²) in [7, 11) is 0. The average Bonchev–Trinajstić information content (AvgIpc) is 3.14. The van der Waals surface area contributed by atoms with Gasteiger partial charge in [-0.1, -0.05) is 55.5 Å². The molecule has 0 aliphatic carbocycles. The fraction of sp³-hybridized carbons (Fsp3) is 0.211. The van der Waals surface area contributed by atoms with E-state index in [1.165, 1.54) is 16.6 Å². The molecule has 122 valence electrons. The molecule has 3 aromatic rings. The molecular weight excluding hydrogens is 300 g/mol. The lowest BCUT2D eigenvalue weighted by atomic mass is 9.96. The zero-order chi connectivity index (χ0) is 16.8. The van der Waals surface area contributed by atoms with Gasteiger partial charge in [0.2, 0.25) is 0 Å². The SMILES string of the molecule is CC[C@H](CNC(=O)c1cnn(-c2ccccc2)n1)c1ccccc1. The molecule has 1 heterocycles. The molecule has 0 aliphatic rings. The van der Waals surface area contributed by atoms with Gasteiger partial charge in [0, 0.05) is 12.5 Å². The van der Waals surface area contributed by atoms with Gasteiger partial charge in [0.1, 0.15) is 0 Å². The topological polar surface area (TPSA) is 59.8 Å². The number of benzene rings is 2. The minimum Gasteiger partial charge on any atom is -0.350 e. The molecule has 0 radical (unpaired) electrons. The van der Waals surface area contributed by atoms with E-state index in [0.29, 0.717) is 18.2 Å². The predicted octanol–water partition coefficient (Wildman–Crippen LogP) is 3.19. The Morgan fingerprint density at radius 2 is 1.75 bits per heavy atom. The van der Waals surface area contributed by atoms with Gasteiger partial charge in [-0.2, -0.15) is 9.90 Å². The van der Waals surface area contributed by atoms with Gasteiger partial charge in [-0.3, -0.25) is 4.79 Å². The summed E-state index contributed by atoms with van der Waals surface area (Å²) in [6.07, 6.45) is 2.45. The summed E-state index contributed by atoms with van der Waals surface area (Å²) in [6.45, 7) is 2.70. The monoisotopic (exact) mass is 320 g/mol. The number of aromatic nitrogens is 3. The summed E-state index contributed by atoms with van der Waals surface area (Å²) in [5, 5.41) is 11.4. The Balaban J connectivity index is 1.64. The van der Waals surface area contributed by atoms with Crippen LogP contribution in [0.15, 0.2) is 66.9 Å². The van der Waals surface area contributed by atoms with Crippen LogP contribution in [0.3, 0.4) is 0 Å². The van der Waals surface area contributed by atoms with Crippen molar-refractivity contribution in [2.45, 2.75) is 19.3 Å². The van der Waals surface area contributed by atoms with Crippen molar-refractivity contribution in [1.29, 1.82) is 0 Å². The van der Waals surface area contributed by atoms with Crippen LogP contribution in [0.25, 0.3) is 5.69 Å².